The maximum atomic E-state index is 12.2. The van der Waals surface area contributed by atoms with Gasteiger partial charge in [-0.3, -0.25) is 33.6 Å². The quantitative estimate of drug-likeness (QED) is 0.0243. The highest BCUT2D eigenvalue weighted by molar-refractivity contribution is 5.78. The van der Waals surface area contributed by atoms with Gasteiger partial charge < -0.3 is 66.3 Å². The van der Waals surface area contributed by atoms with Gasteiger partial charge in [0.05, 0.1) is 82.6 Å². The first-order chi connectivity index (χ1) is 61.9. The number of fused-ring (bicyclic) bond motifs is 10. The molecule has 134 heavy (non-hydrogen) atoms. The summed E-state index contributed by atoms with van der Waals surface area (Å²) in [6, 6.07) is 0. The number of ether oxygens (including phenoxy) is 14. The summed E-state index contributed by atoms with van der Waals surface area (Å²) in [7, 11) is 0. The summed E-state index contributed by atoms with van der Waals surface area (Å²) in [6.07, 6.45) is 35.2. The lowest BCUT2D eigenvalue weighted by atomic mass is 9.70. The van der Waals surface area contributed by atoms with Crippen molar-refractivity contribution in [1.82, 2.24) is 0 Å². The van der Waals surface area contributed by atoms with Crippen LogP contribution >= 0.6 is 0 Å². The molecule has 12 saturated carbocycles. The zero-order valence-electron chi connectivity index (χ0n) is 92.6. The SMILES string of the molecule is CCC(C)(C)C(=O)OC(C)OC1C2(C)CCC(C2)C1(C)C.CCC(C)(C)C(=O)OC(C)OC1CC2CCC1(C)C2(C)C.CCC(C)(C)C(=O)OCOC1CC2CCC1(C)C2(C)C.CCC(C)(C)C(=O)OCOCC1CCCC1.CCC(C)(C)C(=O)OCOCC1CCCCC1.CCC(C)C(=O)OC(C)OC1CC2CCC1(C)C2(C)C.CCC(C)C(=O)OCOC1CC2CCC1(C)C2(C)C. The summed E-state index contributed by atoms with van der Waals surface area (Å²) in [4.78, 5) is 82.9. The molecule has 12 rings (SSSR count). The summed E-state index contributed by atoms with van der Waals surface area (Å²) < 4.78 is 78.4. The topological polar surface area (TPSA) is 249 Å². The Morgan fingerprint density at radius 2 is 0.597 bits per heavy atom. The number of esters is 7. The predicted octanol–water partition coefficient (Wildman–Crippen LogP) is 27.8. The third-order valence-corrected chi connectivity index (χ3v) is 39.5. The maximum absolute atomic E-state index is 12.2. The molecule has 10 bridgehead atoms. The zero-order valence-corrected chi connectivity index (χ0v) is 92.6. The Labute approximate surface area is 816 Å². The van der Waals surface area contributed by atoms with Crippen molar-refractivity contribution in [2.24, 2.45) is 134 Å². The van der Waals surface area contributed by atoms with Crippen molar-refractivity contribution in [2.75, 3.05) is 40.4 Å². The van der Waals surface area contributed by atoms with E-state index in [0.29, 0.717) is 33.5 Å². The molecule has 21 nitrogen and oxygen atoms in total. The van der Waals surface area contributed by atoms with Gasteiger partial charge in [-0.05, 0) is 353 Å². The van der Waals surface area contributed by atoms with E-state index in [9.17, 15) is 33.6 Å². The first-order valence-corrected chi connectivity index (χ1v) is 53.5. The van der Waals surface area contributed by atoms with Gasteiger partial charge in [0, 0.05) is 0 Å². The van der Waals surface area contributed by atoms with Crippen LogP contribution < -0.4 is 0 Å². The van der Waals surface area contributed by atoms with Gasteiger partial charge in [0.2, 0.25) is 0 Å². The second kappa shape index (κ2) is 48.4. The van der Waals surface area contributed by atoms with Crippen LogP contribution in [0.1, 0.15) is 455 Å². The number of carbonyl (C=O) groups is 7. The maximum Gasteiger partial charge on any atom is 0.313 e. The van der Waals surface area contributed by atoms with E-state index in [1.807, 2.05) is 152 Å². The minimum Gasteiger partial charge on any atom is -0.438 e. The third-order valence-electron chi connectivity index (χ3n) is 39.5. The molecule has 0 aromatic heterocycles. The molecule has 780 valence electrons. The Morgan fingerprint density at radius 3 is 0.896 bits per heavy atom. The second-order valence-corrected chi connectivity index (χ2v) is 50.8. The summed E-state index contributed by atoms with van der Waals surface area (Å²) in [6.45, 7) is 79.5. The van der Waals surface area contributed by atoms with Crippen LogP contribution in [0, 0.1) is 134 Å². The van der Waals surface area contributed by atoms with E-state index in [2.05, 4.69) is 104 Å². The van der Waals surface area contributed by atoms with Gasteiger partial charge >= 0.3 is 41.8 Å². The monoisotopic (exact) mass is 1900 g/mol. The molecule has 12 aliphatic rings. The molecule has 20 unspecified atom stereocenters. The van der Waals surface area contributed by atoms with Gasteiger partial charge in [0.25, 0.3) is 0 Å². The van der Waals surface area contributed by atoms with Crippen LogP contribution in [-0.4, -0.2) is 132 Å². The summed E-state index contributed by atoms with van der Waals surface area (Å²) in [5.41, 5.74) is 0.569. The normalized spacial score (nSPS) is 31.8. The molecule has 0 spiro atoms. The Bertz CT molecular complexity index is 3680. The molecule has 0 aromatic carbocycles. The Kier molecular flexibility index (Phi) is 42.9. The van der Waals surface area contributed by atoms with Crippen molar-refractivity contribution in [2.45, 2.75) is 505 Å². The lowest BCUT2D eigenvalue weighted by molar-refractivity contribution is -0.219. The van der Waals surface area contributed by atoms with Crippen molar-refractivity contribution in [3.8, 4) is 0 Å². The van der Waals surface area contributed by atoms with Gasteiger partial charge in [-0.15, -0.1) is 0 Å². The van der Waals surface area contributed by atoms with Crippen molar-refractivity contribution in [1.29, 1.82) is 0 Å². The Balaban J connectivity index is 0.000000241. The van der Waals surface area contributed by atoms with Crippen molar-refractivity contribution >= 4 is 41.8 Å². The van der Waals surface area contributed by atoms with Crippen LogP contribution in [0.3, 0.4) is 0 Å². The van der Waals surface area contributed by atoms with Crippen molar-refractivity contribution < 1.29 is 99.9 Å². The largest absolute Gasteiger partial charge is 0.438 e. The lowest BCUT2D eigenvalue weighted by Gasteiger charge is -2.43. The van der Waals surface area contributed by atoms with Gasteiger partial charge in [-0.25, -0.2) is 0 Å². The molecule has 12 aliphatic carbocycles. The van der Waals surface area contributed by atoms with Crippen LogP contribution in [0.25, 0.3) is 0 Å². The first kappa shape index (κ1) is 119. The molecular formula is C113H202O21. The second-order valence-electron chi connectivity index (χ2n) is 50.8. The van der Waals surface area contributed by atoms with Gasteiger partial charge in [0.15, 0.2) is 46.0 Å². The fourth-order valence-electron chi connectivity index (χ4n) is 23.9. The average molecular weight is 1900 g/mol. The van der Waals surface area contributed by atoms with E-state index in [0.717, 1.165) is 113 Å². The van der Waals surface area contributed by atoms with Gasteiger partial charge in [-0.1, -0.05) is 198 Å². The Morgan fingerprint density at radius 1 is 0.313 bits per heavy atom. The molecule has 0 amide bonds. The number of carbonyl (C=O) groups excluding carboxylic acids is 7. The highest BCUT2D eigenvalue weighted by Crippen LogP contribution is 2.70. The molecule has 20 atom stereocenters. The summed E-state index contributed by atoms with van der Waals surface area (Å²) in [5, 5.41) is 0. The van der Waals surface area contributed by atoms with E-state index < -0.39 is 45.9 Å². The average Bonchev–Trinajstić information content (AvgIpc) is 1.29. The van der Waals surface area contributed by atoms with Crippen LogP contribution in [0.4, 0.5) is 0 Å². The molecular weight excluding hydrogens is 1690 g/mol. The van der Waals surface area contributed by atoms with Crippen LogP contribution in [-0.2, 0) is 99.9 Å². The minimum atomic E-state index is -0.469. The van der Waals surface area contributed by atoms with Crippen molar-refractivity contribution in [3.63, 3.8) is 0 Å². The molecule has 0 aromatic rings. The van der Waals surface area contributed by atoms with E-state index in [1.165, 1.54) is 128 Å². The standard InChI is InChI=1S/2C18H32O3.2C17H30O3.C16H28O3.C14H26O3.C13H24O3/c1-8-16(3,4)15(19)21-12(2)20-14-17(5,6)13-9-10-18(14,7)11-13;1-8-16(3,4)15(19)21-12(2)20-14-11-13-9-10-18(14,7)17(13,5)6;1-7-15(2,3)14(18)20-11-19-13-10-12-8-9-17(13,6)16(12,4)5;1-7-11(2)15(18)20-12(3)19-14-10-13-8-9-17(14,6)16(13,4)5;1-6-11(2)14(17)19-10-18-13-9-12-7-8-16(13,5)15(12,3)4;1-4-14(2,3)13(15)17-11-16-10-12-8-6-5-7-9-12;1-4-13(2,3)12(14)16-10-15-9-11-7-5-6-8-11/h2*12-14H,8-11H2,1-7H3;12-13H,7-11H2,1-6H3;11-14H,7-10H2,1-6H3;11-13H,6-10H2,1-5H3;12H,4-11H2,1-3H3;11H,4-10H2,1-3H3. The van der Waals surface area contributed by atoms with E-state index in [4.69, 9.17) is 66.3 Å². The highest BCUT2D eigenvalue weighted by Gasteiger charge is 2.67. The van der Waals surface area contributed by atoms with E-state index in [1.54, 1.807) is 0 Å². The lowest BCUT2D eigenvalue weighted by Crippen LogP contribution is -2.45. The first-order valence-electron chi connectivity index (χ1n) is 53.5. The number of hydrogen-bond donors (Lipinski definition) is 0. The third kappa shape index (κ3) is 28.1. The van der Waals surface area contributed by atoms with Gasteiger partial charge in [-0.2, -0.15) is 0 Å². The van der Waals surface area contributed by atoms with Gasteiger partial charge in [0.1, 0.15) is 0 Å². The molecule has 0 N–H and O–H groups in total. The van der Waals surface area contributed by atoms with E-state index >= 15 is 0 Å². The number of hydrogen-bond acceptors (Lipinski definition) is 21. The van der Waals surface area contributed by atoms with Crippen LogP contribution in [0.15, 0.2) is 0 Å². The molecule has 0 aliphatic heterocycles. The number of rotatable bonds is 37. The molecule has 0 heterocycles. The Hall–Kier alpha value is -3.99. The van der Waals surface area contributed by atoms with Crippen molar-refractivity contribution in [3.05, 3.63) is 0 Å². The highest BCUT2D eigenvalue weighted by atomic mass is 16.7. The zero-order chi connectivity index (χ0) is 101. The fraction of sp³-hybridized carbons (Fsp3) is 0.938. The molecule has 21 heteroatoms. The molecule has 0 saturated heterocycles. The fourth-order valence-corrected chi connectivity index (χ4v) is 23.9. The summed E-state index contributed by atoms with van der Waals surface area (Å²) >= 11 is 0. The summed E-state index contributed by atoms with van der Waals surface area (Å²) in [5.74, 6) is 3.89. The van der Waals surface area contributed by atoms with E-state index in [-0.39, 0.29) is 144 Å². The van der Waals surface area contributed by atoms with Crippen LogP contribution in [0.5, 0.6) is 0 Å². The predicted molar refractivity (Wildman–Crippen MR) is 531 cm³/mol. The van der Waals surface area contributed by atoms with Crippen LogP contribution in [0.2, 0.25) is 0 Å². The molecule has 12 fully saturated rings. The minimum absolute atomic E-state index is 0.0318. The smallest absolute Gasteiger partial charge is 0.313 e. The molecule has 0 radical (unpaired) electrons.